The van der Waals surface area contributed by atoms with Gasteiger partial charge in [0.2, 0.25) is 0 Å². The van der Waals surface area contributed by atoms with Crippen LogP contribution in [-0.2, 0) is 0 Å². The zero-order valence-electron chi connectivity index (χ0n) is 12.0. The van der Waals surface area contributed by atoms with Crippen LogP contribution in [0, 0.1) is 6.92 Å². The van der Waals surface area contributed by atoms with Crippen molar-refractivity contribution < 1.29 is 0 Å². The minimum Gasteiger partial charge on any atom is -0.100 e. The van der Waals surface area contributed by atoms with E-state index < -0.39 is 0 Å². The zero-order valence-corrected chi connectivity index (χ0v) is 12.0. The van der Waals surface area contributed by atoms with E-state index in [1.54, 1.807) is 0 Å². The summed E-state index contributed by atoms with van der Waals surface area (Å²) in [5.41, 5.74) is 4.81. The van der Waals surface area contributed by atoms with E-state index in [1.165, 1.54) is 22.3 Å². The molecule has 0 N–H and O–H groups in total. The van der Waals surface area contributed by atoms with Gasteiger partial charge in [0.05, 0.1) is 0 Å². The second-order valence-electron chi connectivity index (χ2n) is 4.53. The van der Waals surface area contributed by atoms with E-state index in [2.05, 4.69) is 50.9 Å². The largest absolute Gasteiger partial charge is 0.100 e. The molecule has 0 aliphatic carbocycles. The van der Waals surface area contributed by atoms with Crippen LogP contribution in [-0.4, -0.2) is 0 Å². The lowest BCUT2D eigenvalue weighted by Gasteiger charge is -1.91. The van der Waals surface area contributed by atoms with Crippen LogP contribution in [0.1, 0.15) is 38.8 Å². The molecule has 94 valence electrons. The Morgan fingerprint density at radius 1 is 0.882 bits per heavy atom. The minimum absolute atomic E-state index is 1.17. The molecule has 0 heteroatoms. The van der Waals surface area contributed by atoms with Crippen molar-refractivity contribution in [1.29, 1.82) is 0 Å². The molecule has 0 saturated heterocycles. The molecule has 0 unspecified atom stereocenters. The predicted octanol–water partition coefficient (Wildman–Crippen LogP) is 5.80. The van der Waals surface area contributed by atoms with Gasteiger partial charge in [-0.3, -0.25) is 0 Å². The molecular weight excluding hydrogens is 204 g/mol. The van der Waals surface area contributed by atoms with Crippen molar-refractivity contribution in [2.24, 2.45) is 0 Å². The highest BCUT2D eigenvalue weighted by Crippen LogP contribution is 2.02. The van der Waals surface area contributed by atoms with Crippen LogP contribution in [0.15, 0.2) is 55.1 Å². The van der Waals surface area contributed by atoms with Crippen LogP contribution in [0.5, 0.6) is 0 Å². The van der Waals surface area contributed by atoms with E-state index in [1.807, 2.05) is 33.8 Å². The first-order chi connectivity index (χ1) is 7.79. The monoisotopic (exact) mass is 230 g/mol. The Balaban J connectivity index is 0. The smallest absolute Gasteiger partial charge is 0.0262 e. The van der Waals surface area contributed by atoms with Gasteiger partial charge in [-0.15, -0.1) is 13.2 Å². The summed E-state index contributed by atoms with van der Waals surface area (Å²) in [7, 11) is 0. The van der Waals surface area contributed by atoms with Crippen molar-refractivity contribution in [1.82, 2.24) is 0 Å². The molecule has 1 aromatic carbocycles. The topological polar surface area (TPSA) is 0 Å². The number of benzene rings is 1. The SMILES string of the molecule is C=C(C)C.C=C(C)C.C=Cc1ccc(C)cc1. The molecule has 0 heterocycles. The van der Waals surface area contributed by atoms with Crippen molar-refractivity contribution in [2.75, 3.05) is 0 Å². The number of hydrogen-bond donors (Lipinski definition) is 0. The van der Waals surface area contributed by atoms with E-state index in [0.717, 1.165) is 0 Å². The van der Waals surface area contributed by atoms with Crippen LogP contribution in [0.4, 0.5) is 0 Å². The predicted molar refractivity (Wildman–Crippen MR) is 82.2 cm³/mol. The Hall–Kier alpha value is -1.56. The summed E-state index contributed by atoms with van der Waals surface area (Å²) in [6, 6.07) is 8.28. The summed E-state index contributed by atoms with van der Waals surface area (Å²) >= 11 is 0. The first-order valence-corrected chi connectivity index (χ1v) is 5.73. The molecule has 0 spiro atoms. The van der Waals surface area contributed by atoms with Gasteiger partial charge >= 0.3 is 0 Å². The molecule has 0 aliphatic heterocycles. The molecule has 0 amide bonds. The van der Waals surface area contributed by atoms with Gasteiger partial charge < -0.3 is 0 Å². The third-order valence-electron chi connectivity index (χ3n) is 1.31. The van der Waals surface area contributed by atoms with Gasteiger partial charge in [0.1, 0.15) is 0 Å². The van der Waals surface area contributed by atoms with Crippen molar-refractivity contribution >= 4 is 6.08 Å². The quantitative estimate of drug-likeness (QED) is 0.535. The van der Waals surface area contributed by atoms with E-state index in [9.17, 15) is 0 Å². The van der Waals surface area contributed by atoms with Gasteiger partial charge in [-0.25, -0.2) is 0 Å². The molecule has 0 bridgehead atoms. The van der Waals surface area contributed by atoms with Gasteiger partial charge in [-0.1, -0.05) is 53.6 Å². The van der Waals surface area contributed by atoms with Gasteiger partial charge in [0, 0.05) is 0 Å². The summed E-state index contributed by atoms with van der Waals surface area (Å²) in [5.74, 6) is 0. The third kappa shape index (κ3) is 20.5. The maximum absolute atomic E-state index is 3.66. The highest BCUT2D eigenvalue weighted by molar-refractivity contribution is 5.46. The lowest BCUT2D eigenvalue weighted by molar-refractivity contribution is 1.42. The number of aryl methyl sites for hydroxylation is 1. The van der Waals surface area contributed by atoms with Crippen LogP contribution in [0.2, 0.25) is 0 Å². The molecule has 0 fully saturated rings. The second-order valence-corrected chi connectivity index (χ2v) is 4.53. The summed E-state index contributed by atoms with van der Waals surface area (Å²) in [4.78, 5) is 0. The molecule has 0 aromatic heterocycles. The average molecular weight is 230 g/mol. The second kappa shape index (κ2) is 10.9. The summed E-state index contributed by atoms with van der Waals surface area (Å²) in [6.45, 7) is 20.7. The molecule has 0 atom stereocenters. The van der Waals surface area contributed by atoms with Gasteiger partial charge in [-0.2, -0.15) is 0 Å². The highest BCUT2D eigenvalue weighted by atomic mass is 13.9. The molecule has 0 aliphatic rings. The van der Waals surface area contributed by atoms with Crippen LogP contribution in [0.25, 0.3) is 6.08 Å². The molecular formula is C17H26. The lowest BCUT2D eigenvalue weighted by atomic mass is 10.2. The van der Waals surface area contributed by atoms with Crippen molar-refractivity contribution in [3.63, 3.8) is 0 Å². The number of allylic oxidation sites excluding steroid dienone is 2. The normalized spacial score (nSPS) is 7.82. The number of rotatable bonds is 1. The van der Waals surface area contributed by atoms with Crippen molar-refractivity contribution in [2.45, 2.75) is 34.6 Å². The van der Waals surface area contributed by atoms with Crippen LogP contribution in [0.3, 0.4) is 0 Å². The third-order valence-corrected chi connectivity index (χ3v) is 1.31. The van der Waals surface area contributed by atoms with E-state index in [4.69, 9.17) is 0 Å². The molecule has 0 saturated carbocycles. The standard InChI is InChI=1S/C9H10.2C4H8/c1-3-9-6-4-8(2)5-7-9;2*1-4(2)3/h3-7H,1H2,2H3;2*1H2,2-3H3. The molecule has 0 radical (unpaired) electrons. The van der Waals surface area contributed by atoms with Crippen molar-refractivity contribution in [3.8, 4) is 0 Å². The minimum atomic E-state index is 1.17. The zero-order chi connectivity index (χ0) is 13.8. The lowest BCUT2D eigenvalue weighted by Crippen LogP contribution is -1.71. The fourth-order valence-corrected chi connectivity index (χ4v) is 0.703. The summed E-state index contributed by atoms with van der Waals surface area (Å²) in [6.07, 6.45) is 1.85. The Morgan fingerprint density at radius 2 is 1.18 bits per heavy atom. The fourth-order valence-electron chi connectivity index (χ4n) is 0.703. The van der Waals surface area contributed by atoms with Gasteiger partial charge in [0.25, 0.3) is 0 Å². The van der Waals surface area contributed by atoms with Gasteiger partial charge in [0.15, 0.2) is 0 Å². The van der Waals surface area contributed by atoms with Crippen molar-refractivity contribution in [3.05, 3.63) is 66.3 Å². The molecule has 17 heavy (non-hydrogen) atoms. The maximum atomic E-state index is 3.66. The van der Waals surface area contributed by atoms with Crippen LogP contribution < -0.4 is 0 Å². The van der Waals surface area contributed by atoms with E-state index >= 15 is 0 Å². The van der Waals surface area contributed by atoms with E-state index in [-0.39, 0.29) is 0 Å². The molecule has 1 aromatic rings. The average Bonchev–Trinajstić information content (AvgIpc) is 2.17. The number of hydrogen-bond acceptors (Lipinski definition) is 0. The Labute approximate surface area is 107 Å². The summed E-state index contributed by atoms with van der Waals surface area (Å²) < 4.78 is 0. The molecule has 1 rings (SSSR count). The van der Waals surface area contributed by atoms with E-state index in [0.29, 0.717) is 0 Å². The summed E-state index contributed by atoms with van der Waals surface area (Å²) in [5, 5.41) is 0. The maximum Gasteiger partial charge on any atom is -0.0262 e. The Bertz CT molecular complexity index is 319. The first kappa shape index (κ1) is 17.8. The van der Waals surface area contributed by atoms with Crippen LogP contribution >= 0.6 is 0 Å². The Kier molecular flexibility index (Phi) is 11.5. The van der Waals surface area contributed by atoms with Gasteiger partial charge in [-0.05, 0) is 40.2 Å². The fraction of sp³-hybridized carbons (Fsp3) is 0.294. The first-order valence-electron chi connectivity index (χ1n) is 5.73. The Morgan fingerprint density at radius 3 is 1.41 bits per heavy atom. The molecule has 0 nitrogen and oxygen atoms in total. The highest BCUT2D eigenvalue weighted by Gasteiger charge is 1.82.